The van der Waals surface area contributed by atoms with Crippen LogP contribution in [0.25, 0.3) is 0 Å². The smallest absolute Gasteiger partial charge is 0.343 e. The summed E-state index contributed by atoms with van der Waals surface area (Å²) in [6.07, 6.45) is 1.63. The van der Waals surface area contributed by atoms with Crippen LogP contribution in [0, 0.1) is 5.92 Å². The number of carbonyl (C=O) groups excluding carboxylic acids is 2. The predicted molar refractivity (Wildman–Crippen MR) is 126 cm³/mol. The van der Waals surface area contributed by atoms with Gasteiger partial charge in [-0.2, -0.15) is 0 Å². The van der Waals surface area contributed by atoms with Crippen molar-refractivity contribution in [1.29, 1.82) is 0 Å². The minimum Gasteiger partial charge on any atom is -0.419 e. The van der Waals surface area contributed by atoms with Gasteiger partial charge in [-0.3, -0.25) is 0 Å². The summed E-state index contributed by atoms with van der Waals surface area (Å²) in [5.74, 6) is 0.240. The Labute approximate surface area is 190 Å². The van der Waals surface area contributed by atoms with Gasteiger partial charge in [0.25, 0.3) is 0 Å². The van der Waals surface area contributed by atoms with E-state index in [2.05, 4.69) is 13.8 Å². The van der Waals surface area contributed by atoms with E-state index in [-0.39, 0.29) is 5.92 Å². The van der Waals surface area contributed by atoms with Gasteiger partial charge >= 0.3 is 11.9 Å². The Morgan fingerprint density at radius 1 is 0.688 bits per heavy atom. The molecule has 0 bridgehead atoms. The maximum atomic E-state index is 12.9. The number of ether oxygens (including phenoxy) is 2. The van der Waals surface area contributed by atoms with E-state index >= 15 is 0 Å². The maximum Gasteiger partial charge on any atom is 0.343 e. The Hall–Kier alpha value is -3.40. The fraction of sp³-hybridized carbons (Fsp3) is 0.286. The standard InChI is InChI=1S/C28H30O4/c1-19(2)15-16-21-17-18-24(20(3)4)26(32-28(30)23-13-9-6-10-14-23)25(21)31-27(29)22-11-7-5-8-12-22/h5-14,17-20H,15-16H2,1-4H3. The Balaban J connectivity index is 2.06. The van der Waals surface area contributed by atoms with Crippen molar-refractivity contribution in [3.05, 3.63) is 95.1 Å². The summed E-state index contributed by atoms with van der Waals surface area (Å²) >= 11 is 0. The van der Waals surface area contributed by atoms with E-state index in [0.717, 1.165) is 17.5 Å². The molecule has 3 rings (SSSR count). The van der Waals surface area contributed by atoms with Crippen LogP contribution < -0.4 is 9.47 Å². The molecule has 0 aliphatic rings. The minimum atomic E-state index is -0.481. The Bertz CT molecular complexity index is 1050. The lowest BCUT2D eigenvalue weighted by molar-refractivity contribution is 0.0679. The van der Waals surface area contributed by atoms with Crippen molar-refractivity contribution < 1.29 is 19.1 Å². The molecule has 166 valence electrons. The predicted octanol–water partition coefficient (Wildman–Crippen LogP) is 6.84. The average molecular weight is 431 g/mol. The zero-order chi connectivity index (χ0) is 23.1. The fourth-order valence-electron chi connectivity index (χ4n) is 3.38. The molecule has 0 heterocycles. The Morgan fingerprint density at radius 2 is 1.19 bits per heavy atom. The van der Waals surface area contributed by atoms with Gasteiger partial charge in [-0.05, 0) is 54.5 Å². The summed E-state index contributed by atoms with van der Waals surface area (Å²) in [4.78, 5) is 25.8. The first-order valence-corrected chi connectivity index (χ1v) is 11.1. The highest BCUT2D eigenvalue weighted by Gasteiger charge is 2.24. The van der Waals surface area contributed by atoms with Crippen molar-refractivity contribution in [2.45, 2.75) is 46.5 Å². The molecule has 0 N–H and O–H groups in total. The molecule has 4 heteroatoms. The normalized spacial score (nSPS) is 10.9. The van der Waals surface area contributed by atoms with Crippen LogP contribution in [0.2, 0.25) is 0 Å². The van der Waals surface area contributed by atoms with Crippen molar-refractivity contribution in [2.24, 2.45) is 5.92 Å². The van der Waals surface area contributed by atoms with Gasteiger partial charge in [-0.1, -0.05) is 76.2 Å². The quantitative estimate of drug-likeness (QED) is 0.290. The second-order valence-corrected chi connectivity index (χ2v) is 8.57. The molecule has 0 atom stereocenters. The first kappa shape index (κ1) is 23.3. The molecule has 0 aliphatic carbocycles. The molecule has 0 saturated carbocycles. The lowest BCUT2D eigenvalue weighted by Crippen LogP contribution is -2.15. The van der Waals surface area contributed by atoms with Crippen LogP contribution in [0.15, 0.2) is 72.8 Å². The van der Waals surface area contributed by atoms with Gasteiger partial charge in [-0.15, -0.1) is 0 Å². The molecule has 0 amide bonds. The first-order valence-electron chi connectivity index (χ1n) is 11.1. The molecule has 32 heavy (non-hydrogen) atoms. The van der Waals surface area contributed by atoms with E-state index < -0.39 is 11.9 Å². The van der Waals surface area contributed by atoms with Crippen LogP contribution in [0.4, 0.5) is 0 Å². The number of benzene rings is 3. The van der Waals surface area contributed by atoms with Crippen molar-refractivity contribution in [1.82, 2.24) is 0 Å². The molecule has 0 radical (unpaired) electrons. The topological polar surface area (TPSA) is 52.6 Å². The third-order valence-corrected chi connectivity index (χ3v) is 5.25. The highest BCUT2D eigenvalue weighted by atomic mass is 16.6. The largest absolute Gasteiger partial charge is 0.419 e. The van der Waals surface area contributed by atoms with Gasteiger partial charge in [0.1, 0.15) is 0 Å². The number of aryl methyl sites for hydroxylation is 1. The first-order chi connectivity index (χ1) is 15.4. The minimum absolute atomic E-state index is 0.0712. The summed E-state index contributed by atoms with van der Waals surface area (Å²) in [6, 6.07) is 21.6. The summed E-state index contributed by atoms with van der Waals surface area (Å²) in [6.45, 7) is 8.33. The van der Waals surface area contributed by atoms with E-state index in [1.54, 1.807) is 48.5 Å². The van der Waals surface area contributed by atoms with E-state index in [1.165, 1.54) is 0 Å². The van der Waals surface area contributed by atoms with Gasteiger partial charge in [0.15, 0.2) is 11.5 Å². The molecule has 0 unspecified atom stereocenters. The third kappa shape index (κ3) is 5.85. The molecule has 0 aliphatic heterocycles. The highest BCUT2D eigenvalue weighted by Crippen LogP contribution is 2.40. The average Bonchev–Trinajstić information content (AvgIpc) is 2.79. The molecular formula is C28H30O4. The van der Waals surface area contributed by atoms with Gasteiger partial charge < -0.3 is 9.47 Å². The number of carbonyl (C=O) groups is 2. The van der Waals surface area contributed by atoms with Gasteiger partial charge in [0.05, 0.1) is 11.1 Å². The van der Waals surface area contributed by atoms with Crippen LogP contribution >= 0.6 is 0 Å². The van der Waals surface area contributed by atoms with E-state index in [0.29, 0.717) is 35.0 Å². The summed E-state index contributed by atoms with van der Waals surface area (Å²) in [7, 11) is 0. The van der Waals surface area contributed by atoms with Crippen LogP contribution in [0.1, 0.15) is 71.9 Å². The van der Waals surface area contributed by atoms with Crippen molar-refractivity contribution in [3.63, 3.8) is 0 Å². The SMILES string of the molecule is CC(C)CCc1ccc(C(C)C)c(OC(=O)c2ccccc2)c1OC(=O)c1ccccc1. The molecule has 0 aromatic heterocycles. The summed E-state index contributed by atoms with van der Waals surface area (Å²) in [5, 5.41) is 0. The molecule has 3 aromatic rings. The van der Waals surface area contributed by atoms with Crippen LogP contribution in [-0.4, -0.2) is 11.9 Å². The van der Waals surface area contributed by atoms with Gasteiger partial charge in [-0.25, -0.2) is 9.59 Å². The van der Waals surface area contributed by atoms with Crippen molar-refractivity contribution in [3.8, 4) is 11.5 Å². The number of rotatable bonds is 8. The number of hydrogen-bond donors (Lipinski definition) is 0. The Morgan fingerprint density at radius 3 is 1.66 bits per heavy atom. The second-order valence-electron chi connectivity index (χ2n) is 8.57. The fourth-order valence-corrected chi connectivity index (χ4v) is 3.38. The molecule has 3 aromatic carbocycles. The molecule has 0 saturated heterocycles. The van der Waals surface area contributed by atoms with E-state index in [1.807, 2.05) is 38.1 Å². The lowest BCUT2D eigenvalue weighted by Gasteiger charge is -2.20. The molecule has 0 fully saturated rings. The molecular weight excluding hydrogens is 400 g/mol. The maximum absolute atomic E-state index is 12.9. The van der Waals surface area contributed by atoms with Crippen LogP contribution in [0.5, 0.6) is 11.5 Å². The number of hydrogen-bond acceptors (Lipinski definition) is 4. The third-order valence-electron chi connectivity index (χ3n) is 5.25. The van der Waals surface area contributed by atoms with E-state index in [9.17, 15) is 9.59 Å². The van der Waals surface area contributed by atoms with Gasteiger partial charge in [0.2, 0.25) is 0 Å². The molecule has 0 spiro atoms. The van der Waals surface area contributed by atoms with E-state index in [4.69, 9.17) is 9.47 Å². The zero-order valence-electron chi connectivity index (χ0n) is 19.1. The monoisotopic (exact) mass is 430 g/mol. The Kier molecular flexibility index (Phi) is 7.82. The van der Waals surface area contributed by atoms with Gasteiger partial charge in [0, 0.05) is 5.56 Å². The lowest BCUT2D eigenvalue weighted by atomic mass is 9.95. The van der Waals surface area contributed by atoms with Crippen molar-refractivity contribution >= 4 is 11.9 Å². The van der Waals surface area contributed by atoms with Crippen LogP contribution in [-0.2, 0) is 6.42 Å². The molecule has 4 nitrogen and oxygen atoms in total. The summed E-state index contributed by atoms with van der Waals surface area (Å²) in [5.41, 5.74) is 2.55. The highest BCUT2D eigenvalue weighted by molar-refractivity contribution is 5.93. The van der Waals surface area contributed by atoms with Crippen molar-refractivity contribution in [2.75, 3.05) is 0 Å². The van der Waals surface area contributed by atoms with Crippen LogP contribution in [0.3, 0.4) is 0 Å². The second kappa shape index (κ2) is 10.8. The summed E-state index contributed by atoms with van der Waals surface area (Å²) < 4.78 is 11.8. The number of esters is 2. The zero-order valence-corrected chi connectivity index (χ0v) is 19.1.